The molecule has 0 unspecified atom stereocenters. The monoisotopic (exact) mass is 503 g/mol. The Kier molecular flexibility index (Phi) is 5.75. The third-order valence-corrected chi connectivity index (χ3v) is 8.31. The Hall–Kier alpha value is -4.62. The zero-order chi connectivity index (χ0) is 25.3. The maximum absolute atomic E-state index is 3.33. The van der Waals surface area contributed by atoms with Gasteiger partial charge in [0.05, 0.1) is 0 Å². The topological polar surface area (TPSA) is 3.24 Å². The molecule has 0 amide bonds. The summed E-state index contributed by atoms with van der Waals surface area (Å²) in [7, 11) is 0. The maximum atomic E-state index is 3.33. The average molecular weight is 504 g/mol. The van der Waals surface area contributed by atoms with Crippen molar-refractivity contribution in [1.82, 2.24) is 0 Å². The van der Waals surface area contributed by atoms with Gasteiger partial charge in [-0.3, -0.25) is 0 Å². The van der Waals surface area contributed by atoms with Crippen LogP contribution in [0.4, 0.5) is 17.1 Å². The van der Waals surface area contributed by atoms with Crippen molar-refractivity contribution in [2.45, 2.75) is 6.42 Å². The molecule has 7 rings (SSSR count). The van der Waals surface area contributed by atoms with Gasteiger partial charge in [0.2, 0.25) is 0 Å². The van der Waals surface area contributed by atoms with Crippen LogP contribution in [-0.2, 0) is 6.42 Å². The summed E-state index contributed by atoms with van der Waals surface area (Å²) in [6.45, 7) is 0. The molecule has 1 aromatic heterocycles. The van der Waals surface area contributed by atoms with Gasteiger partial charge >= 0.3 is 0 Å². The first-order chi connectivity index (χ1) is 18.8. The van der Waals surface area contributed by atoms with Crippen LogP contribution < -0.4 is 4.90 Å². The molecule has 0 bridgehead atoms. The number of rotatable bonds is 5. The molecule has 38 heavy (non-hydrogen) atoms. The Morgan fingerprint density at radius 2 is 1.13 bits per heavy atom. The quantitative estimate of drug-likeness (QED) is 0.212. The van der Waals surface area contributed by atoms with Crippen LogP contribution >= 0.6 is 11.3 Å². The minimum Gasteiger partial charge on any atom is -0.310 e. The fourth-order valence-corrected chi connectivity index (χ4v) is 6.38. The van der Waals surface area contributed by atoms with Crippen LogP contribution in [0.2, 0.25) is 0 Å². The average Bonchev–Trinajstić information content (AvgIpc) is 3.37. The predicted octanol–water partition coefficient (Wildman–Crippen LogP) is 10.4. The first-order valence-electron chi connectivity index (χ1n) is 12.9. The summed E-state index contributed by atoms with van der Waals surface area (Å²) in [4.78, 5) is 3.80. The number of hydrogen-bond donors (Lipinski definition) is 0. The molecule has 0 atom stereocenters. The minimum absolute atomic E-state index is 0.961. The summed E-state index contributed by atoms with van der Waals surface area (Å²) in [5.74, 6) is 0. The van der Waals surface area contributed by atoms with E-state index in [0.717, 1.165) is 23.5 Å². The lowest BCUT2D eigenvalue weighted by atomic mass is 10.0. The van der Waals surface area contributed by atoms with Crippen molar-refractivity contribution in [3.8, 4) is 22.3 Å². The first kappa shape index (κ1) is 22.6. The summed E-state index contributed by atoms with van der Waals surface area (Å²) in [6, 6.07) is 45.8. The normalized spacial score (nSPS) is 12.0. The van der Waals surface area contributed by atoms with E-state index in [0.29, 0.717) is 0 Å². The van der Waals surface area contributed by atoms with Crippen LogP contribution in [0.5, 0.6) is 0 Å². The van der Waals surface area contributed by atoms with E-state index in [-0.39, 0.29) is 0 Å². The first-order valence-corrected chi connectivity index (χ1v) is 13.7. The van der Waals surface area contributed by atoms with Gasteiger partial charge < -0.3 is 4.90 Å². The SMILES string of the molecule is C1=CCc2sc3ccc(N(c4cccc(-c5ccccc5)c4)c4cccc(-c5ccccc5)c4)cc3c2C=1. The minimum atomic E-state index is 0.961. The van der Waals surface area contributed by atoms with E-state index in [4.69, 9.17) is 0 Å². The second-order valence-electron chi connectivity index (χ2n) is 9.51. The molecule has 5 aromatic carbocycles. The predicted molar refractivity (Wildman–Crippen MR) is 164 cm³/mol. The van der Waals surface area contributed by atoms with E-state index >= 15 is 0 Å². The summed E-state index contributed by atoms with van der Waals surface area (Å²) < 4.78 is 1.32. The van der Waals surface area contributed by atoms with E-state index < -0.39 is 0 Å². The molecular weight excluding hydrogens is 478 g/mol. The van der Waals surface area contributed by atoms with Crippen molar-refractivity contribution in [3.63, 3.8) is 0 Å². The molecular formula is C36H25NS. The lowest BCUT2D eigenvalue weighted by molar-refractivity contribution is 1.29. The highest BCUT2D eigenvalue weighted by Gasteiger charge is 2.18. The van der Waals surface area contributed by atoms with Crippen molar-refractivity contribution in [3.05, 3.63) is 150 Å². The van der Waals surface area contributed by atoms with Crippen molar-refractivity contribution in [2.75, 3.05) is 4.90 Å². The van der Waals surface area contributed by atoms with Crippen molar-refractivity contribution >= 4 is 44.6 Å². The van der Waals surface area contributed by atoms with Crippen LogP contribution in [0.25, 0.3) is 38.4 Å². The van der Waals surface area contributed by atoms with Crippen molar-refractivity contribution in [2.24, 2.45) is 0 Å². The smallest absolute Gasteiger partial charge is 0.0468 e. The molecule has 0 fully saturated rings. The van der Waals surface area contributed by atoms with Gasteiger partial charge in [-0.05, 0) is 76.9 Å². The standard InChI is InChI=1S/C36H25NS/c1-3-11-26(12-4-1)28-15-9-17-30(23-28)37(31-18-10-16-29(24-31)27-13-5-2-6-14-27)32-21-22-36-34(25-32)33-19-7-8-20-35(33)38-36/h1-6,8-19,21-25H,20H2. The zero-order valence-corrected chi connectivity index (χ0v) is 21.7. The Morgan fingerprint density at radius 1 is 0.553 bits per heavy atom. The van der Waals surface area contributed by atoms with E-state index in [1.54, 1.807) is 0 Å². The molecule has 0 aliphatic heterocycles. The van der Waals surface area contributed by atoms with Gasteiger partial charge in [-0.2, -0.15) is 0 Å². The van der Waals surface area contributed by atoms with Crippen molar-refractivity contribution in [1.29, 1.82) is 0 Å². The third-order valence-electron chi connectivity index (χ3n) is 7.10. The Labute approximate surface area is 227 Å². The number of benzene rings is 5. The summed E-state index contributed by atoms with van der Waals surface area (Å²) in [5.41, 5.74) is 12.9. The lowest BCUT2D eigenvalue weighted by Gasteiger charge is -2.27. The molecule has 0 radical (unpaired) electrons. The Balaban J connectivity index is 1.42. The van der Waals surface area contributed by atoms with E-state index in [2.05, 4.69) is 150 Å². The highest BCUT2D eigenvalue weighted by Crippen LogP contribution is 2.42. The highest BCUT2D eigenvalue weighted by atomic mass is 32.1. The van der Waals surface area contributed by atoms with Gasteiger partial charge in [0.25, 0.3) is 0 Å². The highest BCUT2D eigenvalue weighted by molar-refractivity contribution is 7.19. The molecule has 2 heteroatoms. The second-order valence-corrected chi connectivity index (χ2v) is 10.6. The van der Waals surface area contributed by atoms with E-state index in [9.17, 15) is 0 Å². The van der Waals surface area contributed by atoms with Crippen LogP contribution in [0.1, 0.15) is 10.4 Å². The zero-order valence-electron chi connectivity index (χ0n) is 20.8. The summed E-state index contributed by atoms with van der Waals surface area (Å²) in [6.07, 6.45) is 5.22. The Bertz CT molecular complexity index is 1740. The van der Waals surface area contributed by atoms with E-state index in [1.807, 2.05) is 11.3 Å². The number of anilines is 3. The number of thiophene rings is 1. The van der Waals surface area contributed by atoms with Gasteiger partial charge in [0, 0.05) is 44.0 Å². The van der Waals surface area contributed by atoms with Gasteiger partial charge in [-0.15, -0.1) is 17.1 Å². The van der Waals surface area contributed by atoms with Crippen LogP contribution in [0, 0.1) is 0 Å². The molecule has 1 aliphatic rings. The lowest BCUT2D eigenvalue weighted by Crippen LogP contribution is -2.10. The molecule has 180 valence electrons. The molecule has 0 spiro atoms. The second kappa shape index (κ2) is 9.68. The van der Waals surface area contributed by atoms with Gasteiger partial charge in [-0.1, -0.05) is 84.9 Å². The number of fused-ring (bicyclic) bond motifs is 3. The molecule has 0 saturated heterocycles. The fourth-order valence-electron chi connectivity index (χ4n) is 5.26. The fraction of sp³-hybridized carbons (Fsp3) is 0.0278. The number of allylic oxidation sites excluding steroid dienone is 1. The van der Waals surface area contributed by atoms with Crippen LogP contribution in [-0.4, -0.2) is 0 Å². The van der Waals surface area contributed by atoms with Gasteiger partial charge in [0.1, 0.15) is 0 Å². The van der Waals surface area contributed by atoms with Gasteiger partial charge in [-0.25, -0.2) is 0 Å². The summed E-state index contributed by atoms with van der Waals surface area (Å²) >= 11 is 1.89. The largest absolute Gasteiger partial charge is 0.310 e. The van der Waals surface area contributed by atoms with Crippen molar-refractivity contribution < 1.29 is 0 Å². The molecule has 1 heterocycles. The molecule has 6 aromatic rings. The molecule has 0 N–H and O–H groups in total. The number of nitrogens with zero attached hydrogens (tertiary/aromatic N) is 1. The van der Waals surface area contributed by atoms with E-state index in [1.165, 1.54) is 42.8 Å². The maximum Gasteiger partial charge on any atom is 0.0468 e. The molecule has 0 saturated carbocycles. The number of hydrogen-bond acceptors (Lipinski definition) is 2. The molecule has 1 nitrogen and oxygen atoms in total. The molecule has 1 aliphatic carbocycles. The third kappa shape index (κ3) is 4.17. The van der Waals surface area contributed by atoms with Gasteiger partial charge in [0.15, 0.2) is 0 Å². The summed E-state index contributed by atoms with van der Waals surface area (Å²) in [5, 5.41) is 1.30. The van der Waals surface area contributed by atoms with Crippen LogP contribution in [0.3, 0.4) is 0 Å². The van der Waals surface area contributed by atoms with Crippen LogP contribution in [0.15, 0.2) is 139 Å². The Morgan fingerprint density at radius 3 is 1.76 bits per heavy atom.